The molecule has 0 saturated carbocycles. The number of H-pyrrole nitrogens is 1. The van der Waals surface area contributed by atoms with Gasteiger partial charge in [0.15, 0.2) is 11.5 Å². The second kappa shape index (κ2) is 14.9. The fourth-order valence-electron chi connectivity index (χ4n) is 5.55. The Morgan fingerprint density at radius 2 is 1.68 bits per heavy atom. The van der Waals surface area contributed by atoms with E-state index >= 15 is 0 Å². The molecule has 1 N–H and O–H groups in total. The van der Waals surface area contributed by atoms with Crippen LogP contribution in [0.1, 0.15) is 41.6 Å². The third-order valence-electron chi connectivity index (χ3n) is 7.95. The van der Waals surface area contributed by atoms with E-state index in [0.717, 1.165) is 75.9 Å². The van der Waals surface area contributed by atoms with Crippen LogP contribution in [0, 0.1) is 0 Å². The van der Waals surface area contributed by atoms with Gasteiger partial charge in [-0.25, -0.2) is 0 Å². The SMILES string of the molecule is C=C/C=C/C/C=C\C.C=Cc1n[nH]c2ccc(Cc3ccc4c(CCc5nnc6ccc(-c7ccccc7)nn56)ccnc4c3)cc12. The van der Waals surface area contributed by atoms with Crippen molar-refractivity contribution < 1.29 is 0 Å². The molecule has 232 valence electrons. The molecule has 0 bridgehead atoms. The molecule has 0 atom stereocenters. The third kappa shape index (κ3) is 7.31. The van der Waals surface area contributed by atoms with Crippen molar-refractivity contribution in [2.75, 3.05) is 0 Å². The molecule has 0 fully saturated rings. The molecular weight excluding hydrogens is 578 g/mol. The summed E-state index contributed by atoms with van der Waals surface area (Å²) >= 11 is 0. The lowest BCUT2D eigenvalue weighted by atomic mass is 9.99. The predicted octanol–water partition coefficient (Wildman–Crippen LogP) is 8.93. The summed E-state index contributed by atoms with van der Waals surface area (Å²) in [5, 5.41) is 23.2. The minimum atomic E-state index is 0.726. The number of pyridine rings is 1. The Labute approximate surface area is 274 Å². The van der Waals surface area contributed by atoms with Crippen LogP contribution in [0.4, 0.5) is 0 Å². The summed E-state index contributed by atoms with van der Waals surface area (Å²) in [6.45, 7) is 9.43. The first-order valence-corrected chi connectivity index (χ1v) is 15.8. The van der Waals surface area contributed by atoms with E-state index in [0.29, 0.717) is 0 Å². The van der Waals surface area contributed by atoms with Crippen molar-refractivity contribution in [3.8, 4) is 11.3 Å². The highest BCUT2D eigenvalue weighted by Gasteiger charge is 2.11. The number of hydrogen-bond donors (Lipinski definition) is 1. The Morgan fingerprint density at radius 3 is 2.51 bits per heavy atom. The molecule has 0 saturated heterocycles. The van der Waals surface area contributed by atoms with Crippen LogP contribution in [-0.4, -0.2) is 35.0 Å². The lowest BCUT2D eigenvalue weighted by molar-refractivity contribution is 0.788. The highest BCUT2D eigenvalue weighted by atomic mass is 15.4. The Bertz CT molecular complexity index is 2200. The molecule has 0 radical (unpaired) electrons. The number of allylic oxidation sites excluding steroid dienone is 5. The average Bonchev–Trinajstić information content (AvgIpc) is 3.73. The summed E-state index contributed by atoms with van der Waals surface area (Å²) in [4.78, 5) is 4.68. The van der Waals surface area contributed by atoms with E-state index in [4.69, 9.17) is 5.10 Å². The third-order valence-corrected chi connectivity index (χ3v) is 7.95. The van der Waals surface area contributed by atoms with Crippen LogP contribution < -0.4 is 0 Å². The second-order valence-electron chi connectivity index (χ2n) is 11.1. The maximum absolute atomic E-state index is 4.83. The summed E-state index contributed by atoms with van der Waals surface area (Å²) in [7, 11) is 0. The quantitative estimate of drug-likeness (QED) is 0.123. The van der Waals surface area contributed by atoms with E-state index in [1.165, 1.54) is 16.7 Å². The molecule has 4 heterocycles. The minimum absolute atomic E-state index is 0.726. The van der Waals surface area contributed by atoms with Gasteiger partial charge in [0, 0.05) is 29.0 Å². The van der Waals surface area contributed by atoms with Gasteiger partial charge in [-0.15, -0.1) is 10.2 Å². The van der Waals surface area contributed by atoms with Crippen molar-refractivity contribution in [3.05, 3.63) is 163 Å². The number of aromatic nitrogens is 7. The summed E-state index contributed by atoms with van der Waals surface area (Å²) in [6.07, 6.45) is 17.0. The lowest BCUT2D eigenvalue weighted by Gasteiger charge is -2.09. The minimum Gasteiger partial charge on any atom is -0.277 e. The average molecular weight is 616 g/mol. The number of fused-ring (bicyclic) bond motifs is 3. The molecule has 47 heavy (non-hydrogen) atoms. The largest absolute Gasteiger partial charge is 0.277 e. The predicted molar refractivity (Wildman–Crippen MR) is 193 cm³/mol. The molecule has 0 aliphatic rings. The van der Waals surface area contributed by atoms with Gasteiger partial charge in [-0.05, 0) is 85.4 Å². The van der Waals surface area contributed by atoms with E-state index in [-0.39, 0.29) is 0 Å². The monoisotopic (exact) mass is 615 g/mol. The summed E-state index contributed by atoms with van der Waals surface area (Å²) in [6, 6.07) is 29.2. The van der Waals surface area contributed by atoms with Crippen molar-refractivity contribution in [1.82, 2.24) is 35.0 Å². The zero-order chi connectivity index (χ0) is 32.4. The van der Waals surface area contributed by atoms with Gasteiger partial charge >= 0.3 is 0 Å². The Morgan fingerprint density at radius 1 is 0.830 bits per heavy atom. The number of nitrogens with one attached hydrogen (secondary N) is 1. The summed E-state index contributed by atoms with van der Waals surface area (Å²) in [5.74, 6) is 0.845. The van der Waals surface area contributed by atoms with E-state index < -0.39 is 0 Å². The van der Waals surface area contributed by atoms with Crippen LogP contribution in [0.2, 0.25) is 0 Å². The first-order chi connectivity index (χ1) is 23.2. The van der Waals surface area contributed by atoms with E-state index in [2.05, 4.69) is 105 Å². The van der Waals surface area contributed by atoms with Gasteiger partial charge in [-0.3, -0.25) is 10.1 Å². The van der Waals surface area contributed by atoms with Crippen LogP contribution in [0.25, 0.3) is 44.8 Å². The van der Waals surface area contributed by atoms with Gasteiger partial charge in [0.05, 0.1) is 22.4 Å². The molecule has 4 aromatic heterocycles. The maximum atomic E-state index is 4.83. The maximum Gasteiger partial charge on any atom is 0.177 e. The molecule has 0 aliphatic heterocycles. The van der Waals surface area contributed by atoms with Gasteiger partial charge in [-0.1, -0.05) is 92.1 Å². The molecule has 7 rings (SSSR count). The zero-order valence-corrected chi connectivity index (χ0v) is 26.6. The molecule has 0 spiro atoms. The van der Waals surface area contributed by atoms with Gasteiger partial charge in [0.1, 0.15) is 0 Å². The molecule has 7 nitrogen and oxygen atoms in total. The van der Waals surface area contributed by atoms with Crippen LogP contribution in [0.15, 0.2) is 135 Å². The molecule has 7 heteroatoms. The van der Waals surface area contributed by atoms with Gasteiger partial charge in [0.25, 0.3) is 0 Å². The normalized spacial score (nSPS) is 11.4. The second-order valence-corrected chi connectivity index (χ2v) is 11.1. The Kier molecular flexibility index (Phi) is 9.83. The molecule has 0 amide bonds. The van der Waals surface area contributed by atoms with Crippen molar-refractivity contribution in [3.63, 3.8) is 0 Å². The topological polar surface area (TPSA) is 84.6 Å². The number of nitrogens with zero attached hydrogens (tertiary/aromatic N) is 6. The number of hydrogen-bond acceptors (Lipinski definition) is 5. The molecule has 3 aromatic carbocycles. The fraction of sp³-hybridized carbons (Fsp3) is 0.125. The highest BCUT2D eigenvalue weighted by molar-refractivity contribution is 5.87. The van der Waals surface area contributed by atoms with Gasteiger partial charge in [0.2, 0.25) is 0 Å². The molecule has 7 aromatic rings. The standard InChI is InChI=1S/C32H25N7.C8H12/c1-2-27-26-19-21(9-12-29(26)35-34-27)18-22-8-11-25-23(16-17-33-30(25)20-22)10-14-31-36-37-32-15-13-28(38-39(31)32)24-6-4-3-5-7-24;1-3-5-7-8-6-4-2/h2-9,11-13,15-17,19-20H,1,10,14,18H2,(H,34,35);3-7H,1,8H2,2H3/b;6-4-,7-5+. The van der Waals surface area contributed by atoms with Crippen molar-refractivity contribution in [2.45, 2.75) is 32.6 Å². The van der Waals surface area contributed by atoms with Crippen LogP contribution in [0.5, 0.6) is 0 Å². The Hall–Kier alpha value is -5.95. The van der Waals surface area contributed by atoms with Crippen molar-refractivity contribution in [1.29, 1.82) is 0 Å². The molecular formula is C40H37N7. The number of rotatable bonds is 10. The van der Waals surface area contributed by atoms with Crippen LogP contribution >= 0.6 is 0 Å². The summed E-state index contributed by atoms with van der Waals surface area (Å²) < 4.78 is 1.86. The van der Waals surface area contributed by atoms with Crippen molar-refractivity contribution >= 4 is 33.5 Å². The highest BCUT2D eigenvalue weighted by Crippen LogP contribution is 2.24. The number of benzene rings is 3. The van der Waals surface area contributed by atoms with Gasteiger partial charge < -0.3 is 0 Å². The number of aryl methyl sites for hydroxylation is 2. The van der Waals surface area contributed by atoms with Crippen LogP contribution in [-0.2, 0) is 19.3 Å². The van der Waals surface area contributed by atoms with E-state index in [1.54, 1.807) is 12.2 Å². The Balaban J connectivity index is 0.000000431. The van der Waals surface area contributed by atoms with E-state index in [9.17, 15) is 0 Å². The first-order valence-electron chi connectivity index (χ1n) is 15.8. The number of aromatic amines is 1. The van der Waals surface area contributed by atoms with Crippen LogP contribution in [0.3, 0.4) is 0 Å². The molecule has 0 aliphatic carbocycles. The van der Waals surface area contributed by atoms with Gasteiger partial charge in [-0.2, -0.15) is 14.7 Å². The van der Waals surface area contributed by atoms with E-state index in [1.807, 2.05) is 60.1 Å². The lowest BCUT2D eigenvalue weighted by Crippen LogP contribution is -2.03. The smallest absolute Gasteiger partial charge is 0.177 e. The fourth-order valence-corrected chi connectivity index (χ4v) is 5.55. The van der Waals surface area contributed by atoms with Crippen molar-refractivity contribution in [2.24, 2.45) is 0 Å². The summed E-state index contributed by atoms with van der Waals surface area (Å²) in [5.41, 5.74) is 9.30. The first kappa shape index (κ1) is 31.0. The zero-order valence-electron chi connectivity index (χ0n) is 26.6. The molecule has 0 unspecified atom stereocenters.